The Morgan fingerprint density at radius 1 is 1.44 bits per heavy atom. The Morgan fingerprint density at radius 2 is 2.12 bits per heavy atom. The standard InChI is InChI=1S/C11H20N4O/c1-5-8(3)15(4)10-9(12)11(16-6-2)14-7-13-10/h7-8H,5-6,12H2,1-4H3. The van der Waals surface area contributed by atoms with E-state index >= 15 is 0 Å². The van der Waals surface area contributed by atoms with Gasteiger partial charge >= 0.3 is 0 Å². The molecule has 0 saturated carbocycles. The van der Waals surface area contributed by atoms with Crippen molar-refractivity contribution in [3.63, 3.8) is 0 Å². The van der Waals surface area contributed by atoms with E-state index in [4.69, 9.17) is 10.5 Å². The number of ether oxygens (including phenoxy) is 1. The average molecular weight is 224 g/mol. The molecule has 0 aromatic carbocycles. The third-order valence-electron chi connectivity index (χ3n) is 2.69. The Kier molecular flexibility index (Phi) is 4.34. The maximum atomic E-state index is 5.97. The monoisotopic (exact) mass is 224 g/mol. The van der Waals surface area contributed by atoms with Gasteiger partial charge in [-0.2, -0.15) is 4.98 Å². The summed E-state index contributed by atoms with van der Waals surface area (Å²) in [4.78, 5) is 10.3. The number of nitrogens with zero attached hydrogens (tertiary/aromatic N) is 3. The first-order valence-electron chi connectivity index (χ1n) is 5.57. The van der Waals surface area contributed by atoms with Crippen molar-refractivity contribution in [3.8, 4) is 5.88 Å². The van der Waals surface area contributed by atoms with Gasteiger partial charge in [0.05, 0.1) is 6.61 Å². The Morgan fingerprint density at radius 3 is 2.69 bits per heavy atom. The van der Waals surface area contributed by atoms with E-state index < -0.39 is 0 Å². The second-order valence-electron chi connectivity index (χ2n) is 3.72. The average Bonchev–Trinajstić information content (AvgIpc) is 2.30. The van der Waals surface area contributed by atoms with Crippen molar-refractivity contribution in [2.24, 2.45) is 0 Å². The third kappa shape index (κ3) is 2.53. The lowest BCUT2D eigenvalue weighted by Crippen LogP contribution is -2.29. The zero-order chi connectivity index (χ0) is 12.1. The Bertz CT molecular complexity index is 343. The summed E-state index contributed by atoms with van der Waals surface area (Å²) in [5.74, 6) is 1.19. The molecule has 90 valence electrons. The summed E-state index contributed by atoms with van der Waals surface area (Å²) in [6.07, 6.45) is 2.51. The van der Waals surface area contributed by atoms with Crippen LogP contribution in [0.3, 0.4) is 0 Å². The summed E-state index contributed by atoms with van der Waals surface area (Å²) < 4.78 is 5.34. The number of anilines is 2. The van der Waals surface area contributed by atoms with Gasteiger partial charge in [-0.1, -0.05) is 6.92 Å². The first-order valence-corrected chi connectivity index (χ1v) is 5.57. The fourth-order valence-electron chi connectivity index (χ4n) is 1.39. The summed E-state index contributed by atoms with van der Waals surface area (Å²) >= 11 is 0. The van der Waals surface area contributed by atoms with E-state index in [-0.39, 0.29) is 0 Å². The van der Waals surface area contributed by atoms with E-state index in [1.165, 1.54) is 6.33 Å². The van der Waals surface area contributed by atoms with Gasteiger partial charge in [0.2, 0.25) is 5.88 Å². The molecule has 1 heterocycles. The second kappa shape index (κ2) is 5.53. The number of nitrogens with two attached hydrogens (primary N) is 1. The summed E-state index contributed by atoms with van der Waals surface area (Å²) in [5, 5.41) is 0. The van der Waals surface area contributed by atoms with Crippen LogP contribution in [0.4, 0.5) is 11.5 Å². The number of nitrogen functional groups attached to an aromatic ring is 1. The van der Waals surface area contributed by atoms with Crippen molar-refractivity contribution in [2.75, 3.05) is 24.3 Å². The lowest BCUT2D eigenvalue weighted by molar-refractivity contribution is 0.328. The summed E-state index contributed by atoms with van der Waals surface area (Å²) in [6.45, 7) is 6.71. The van der Waals surface area contributed by atoms with Crippen molar-refractivity contribution in [2.45, 2.75) is 33.2 Å². The molecule has 0 bridgehead atoms. The highest BCUT2D eigenvalue weighted by Crippen LogP contribution is 2.28. The fourth-order valence-corrected chi connectivity index (χ4v) is 1.39. The largest absolute Gasteiger partial charge is 0.476 e. The molecule has 1 atom stereocenters. The topological polar surface area (TPSA) is 64.3 Å². The first kappa shape index (κ1) is 12.5. The molecule has 5 nitrogen and oxygen atoms in total. The summed E-state index contributed by atoms with van der Waals surface area (Å²) in [6, 6.07) is 0.381. The maximum Gasteiger partial charge on any atom is 0.242 e. The molecule has 0 aliphatic heterocycles. The molecule has 1 unspecified atom stereocenters. The highest BCUT2D eigenvalue weighted by molar-refractivity contribution is 5.67. The zero-order valence-corrected chi connectivity index (χ0v) is 10.4. The van der Waals surface area contributed by atoms with E-state index in [0.717, 1.165) is 12.2 Å². The van der Waals surface area contributed by atoms with E-state index in [2.05, 4.69) is 23.8 Å². The van der Waals surface area contributed by atoms with Crippen molar-refractivity contribution in [1.82, 2.24) is 9.97 Å². The fraction of sp³-hybridized carbons (Fsp3) is 0.636. The van der Waals surface area contributed by atoms with Gasteiger partial charge in [-0.3, -0.25) is 0 Å². The number of hydrogen-bond donors (Lipinski definition) is 1. The normalized spacial score (nSPS) is 12.2. The molecular formula is C11H20N4O. The predicted octanol–water partition coefficient (Wildman–Crippen LogP) is 1.69. The third-order valence-corrected chi connectivity index (χ3v) is 2.69. The van der Waals surface area contributed by atoms with Crippen molar-refractivity contribution >= 4 is 11.5 Å². The SMILES string of the molecule is CCOc1ncnc(N(C)C(C)CC)c1N. The van der Waals surface area contributed by atoms with Crippen molar-refractivity contribution in [3.05, 3.63) is 6.33 Å². The molecule has 1 aromatic heterocycles. The number of hydrogen-bond acceptors (Lipinski definition) is 5. The smallest absolute Gasteiger partial charge is 0.242 e. The van der Waals surface area contributed by atoms with Crippen LogP contribution in [0, 0.1) is 0 Å². The number of rotatable bonds is 5. The van der Waals surface area contributed by atoms with E-state index in [1.807, 2.05) is 18.9 Å². The van der Waals surface area contributed by atoms with Gasteiger partial charge in [-0.05, 0) is 20.3 Å². The van der Waals surface area contributed by atoms with E-state index in [9.17, 15) is 0 Å². The van der Waals surface area contributed by atoms with Crippen LogP contribution in [0.1, 0.15) is 27.2 Å². The highest BCUT2D eigenvalue weighted by atomic mass is 16.5. The lowest BCUT2D eigenvalue weighted by atomic mass is 10.2. The first-order chi connectivity index (χ1) is 7.61. The van der Waals surface area contributed by atoms with Crippen molar-refractivity contribution in [1.29, 1.82) is 0 Å². The molecule has 1 rings (SSSR count). The molecule has 1 aromatic rings. The molecule has 5 heteroatoms. The van der Waals surface area contributed by atoms with Crippen LogP contribution in [-0.4, -0.2) is 29.7 Å². The molecular weight excluding hydrogens is 204 g/mol. The van der Waals surface area contributed by atoms with Crippen LogP contribution in [0.5, 0.6) is 5.88 Å². The molecule has 0 saturated heterocycles. The molecule has 0 radical (unpaired) electrons. The van der Waals surface area contributed by atoms with E-state index in [0.29, 0.717) is 24.2 Å². The van der Waals surface area contributed by atoms with Gasteiger partial charge in [-0.25, -0.2) is 4.98 Å². The molecule has 2 N–H and O–H groups in total. The van der Waals surface area contributed by atoms with Gasteiger partial charge in [0.15, 0.2) is 5.82 Å². The minimum Gasteiger partial charge on any atom is -0.476 e. The van der Waals surface area contributed by atoms with Crippen LogP contribution < -0.4 is 15.4 Å². The Balaban J connectivity index is 3.00. The van der Waals surface area contributed by atoms with Gasteiger partial charge in [0.1, 0.15) is 12.0 Å². The lowest BCUT2D eigenvalue weighted by Gasteiger charge is -2.26. The molecule has 0 aliphatic rings. The van der Waals surface area contributed by atoms with E-state index in [1.54, 1.807) is 0 Å². The highest BCUT2D eigenvalue weighted by Gasteiger charge is 2.16. The second-order valence-corrected chi connectivity index (χ2v) is 3.72. The predicted molar refractivity (Wildman–Crippen MR) is 65.8 cm³/mol. The van der Waals surface area contributed by atoms with Crippen LogP contribution >= 0.6 is 0 Å². The minimum absolute atomic E-state index is 0.381. The molecule has 0 spiro atoms. The molecule has 0 aliphatic carbocycles. The van der Waals surface area contributed by atoms with Crippen LogP contribution in [0.2, 0.25) is 0 Å². The zero-order valence-electron chi connectivity index (χ0n) is 10.4. The minimum atomic E-state index is 0.381. The van der Waals surface area contributed by atoms with Gasteiger partial charge in [-0.15, -0.1) is 0 Å². The molecule has 0 fully saturated rings. The molecule has 16 heavy (non-hydrogen) atoms. The quantitative estimate of drug-likeness (QED) is 0.824. The Labute approximate surface area is 96.6 Å². The Hall–Kier alpha value is -1.52. The summed E-state index contributed by atoms with van der Waals surface area (Å²) in [5.41, 5.74) is 6.48. The van der Waals surface area contributed by atoms with Gasteiger partial charge in [0, 0.05) is 13.1 Å². The van der Waals surface area contributed by atoms with Gasteiger partial charge < -0.3 is 15.4 Å². The van der Waals surface area contributed by atoms with Crippen LogP contribution in [0.15, 0.2) is 6.33 Å². The van der Waals surface area contributed by atoms with Crippen LogP contribution in [0.25, 0.3) is 0 Å². The van der Waals surface area contributed by atoms with Gasteiger partial charge in [0.25, 0.3) is 0 Å². The number of aromatic nitrogens is 2. The van der Waals surface area contributed by atoms with Crippen LogP contribution in [-0.2, 0) is 0 Å². The molecule has 0 amide bonds. The summed E-state index contributed by atoms with van der Waals surface area (Å²) in [7, 11) is 1.97. The maximum absolute atomic E-state index is 5.97. The van der Waals surface area contributed by atoms with Crippen molar-refractivity contribution < 1.29 is 4.74 Å².